The van der Waals surface area contributed by atoms with Crippen LogP contribution in [0, 0.1) is 5.82 Å². The first-order valence-corrected chi connectivity index (χ1v) is 8.46. The van der Waals surface area contributed by atoms with Crippen molar-refractivity contribution in [3.05, 3.63) is 53.3 Å². The minimum Gasteiger partial charge on any atom is -0.494 e. The number of hydrogen-bond donors (Lipinski definition) is 1. The number of nitrogens with two attached hydrogens (primary N) is 1. The van der Waals surface area contributed by atoms with Crippen molar-refractivity contribution in [2.75, 3.05) is 27.4 Å². The molecule has 0 radical (unpaired) electrons. The first kappa shape index (κ1) is 19.1. The van der Waals surface area contributed by atoms with E-state index in [0.29, 0.717) is 25.3 Å². The van der Waals surface area contributed by atoms with Gasteiger partial charge < -0.3 is 19.9 Å². The molecule has 0 aromatic heterocycles. The fourth-order valence-electron chi connectivity index (χ4n) is 2.73. The summed E-state index contributed by atoms with van der Waals surface area (Å²) in [5, 5.41) is 0. The average molecular weight is 347 g/mol. The Morgan fingerprint density at radius 3 is 2.32 bits per heavy atom. The van der Waals surface area contributed by atoms with Gasteiger partial charge in [0.05, 0.1) is 20.8 Å². The molecule has 2 N–H and O–H groups in total. The topological polar surface area (TPSA) is 53.7 Å². The molecule has 0 heterocycles. The first-order valence-electron chi connectivity index (χ1n) is 8.46. The fourth-order valence-corrected chi connectivity index (χ4v) is 2.73. The number of ether oxygens (including phenoxy) is 3. The SMILES string of the molecule is CCCOc1ccc(CC(CN)c2ccc(OC)c(F)c2)cc1OC. The van der Waals surface area contributed by atoms with Gasteiger partial charge in [0, 0.05) is 5.92 Å². The van der Waals surface area contributed by atoms with E-state index in [0.717, 1.165) is 23.3 Å². The van der Waals surface area contributed by atoms with Crippen molar-refractivity contribution >= 4 is 0 Å². The van der Waals surface area contributed by atoms with Gasteiger partial charge in [0.25, 0.3) is 0 Å². The van der Waals surface area contributed by atoms with Crippen LogP contribution in [-0.2, 0) is 6.42 Å². The average Bonchev–Trinajstić information content (AvgIpc) is 2.64. The Morgan fingerprint density at radius 2 is 1.72 bits per heavy atom. The van der Waals surface area contributed by atoms with Crippen LogP contribution >= 0.6 is 0 Å². The number of hydrogen-bond acceptors (Lipinski definition) is 4. The molecular weight excluding hydrogens is 321 g/mol. The molecule has 1 unspecified atom stereocenters. The van der Waals surface area contributed by atoms with Gasteiger partial charge in [-0.2, -0.15) is 0 Å². The van der Waals surface area contributed by atoms with Crippen molar-refractivity contribution < 1.29 is 18.6 Å². The van der Waals surface area contributed by atoms with Gasteiger partial charge >= 0.3 is 0 Å². The Kier molecular flexibility index (Phi) is 7.07. The summed E-state index contributed by atoms with van der Waals surface area (Å²) in [6, 6.07) is 10.8. The van der Waals surface area contributed by atoms with Crippen LogP contribution in [-0.4, -0.2) is 27.4 Å². The molecule has 0 saturated carbocycles. The van der Waals surface area contributed by atoms with Gasteiger partial charge in [-0.05, 0) is 54.8 Å². The monoisotopic (exact) mass is 347 g/mol. The lowest BCUT2D eigenvalue weighted by Crippen LogP contribution is -2.15. The van der Waals surface area contributed by atoms with Crippen LogP contribution in [0.4, 0.5) is 4.39 Å². The van der Waals surface area contributed by atoms with Crippen LogP contribution in [0.15, 0.2) is 36.4 Å². The third kappa shape index (κ3) is 4.86. The molecule has 0 fully saturated rings. The van der Waals surface area contributed by atoms with Crippen molar-refractivity contribution in [1.29, 1.82) is 0 Å². The van der Waals surface area contributed by atoms with E-state index in [4.69, 9.17) is 19.9 Å². The molecule has 0 bridgehead atoms. The molecule has 136 valence electrons. The molecule has 2 aromatic rings. The molecule has 25 heavy (non-hydrogen) atoms. The van der Waals surface area contributed by atoms with Crippen LogP contribution < -0.4 is 19.9 Å². The second kappa shape index (κ2) is 9.28. The van der Waals surface area contributed by atoms with Crippen LogP contribution in [0.1, 0.15) is 30.4 Å². The largest absolute Gasteiger partial charge is 0.494 e. The molecule has 1 atom stereocenters. The standard InChI is InChI=1S/C20H26FNO3/c1-4-9-25-19-7-5-14(11-20(19)24-3)10-16(13-22)15-6-8-18(23-2)17(21)12-15/h5-8,11-12,16H,4,9-10,13,22H2,1-3H3. The summed E-state index contributed by atoms with van der Waals surface area (Å²) in [6.07, 6.45) is 1.62. The molecule has 4 nitrogen and oxygen atoms in total. The molecule has 2 rings (SSSR count). The van der Waals surface area contributed by atoms with Crippen molar-refractivity contribution in [1.82, 2.24) is 0 Å². The number of halogens is 1. The molecule has 0 aliphatic heterocycles. The molecule has 5 heteroatoms. The summed E-state index contributed by atoms with van der Waals surface area (Å²) < 4.78 is 30.0. The van der Waals surface area contributed by atoms with Gasteiger partial charge in [-0.1, -0.05) is 19.1 Å². The molecule has 0 saturated heterocycles. The Labute approximate surface area is 148 Å². The lowest BCUT2D eigenvalue weighted by atomic mass is 9.91. The second-order valence-electron chi connectivity index (χ2n) is 5.86. The minimum absolute atomic E-state index is 0.00697. The van der Waals surface area contributed by atoms with E-state index in [9.17, 15) is 4.39 Å². The highest BCUT2D eigenvalue weighted by Gasteiger charge is 2.15. The van der Waals surface area contributed by atoms with E-state index >= 15 is 0 Å². The highest BCUT2D eigenvalue weighted by atomic mass is 19.1. The summed E-state index contributed by atoms with van der Waals surface area (Å²) in [5.74, 6) is 1.29. The normalized spacial score (nSPS) is 11.9. The van der Waals surface area contributed by atoms with Crippen molar-refractivity contribution in [3.8, 4) is 17.2 Å². The number of methoxy groups -OCH3 is 2. The zero-order valence-corrected chi connectivity index (χ0v) is 15.0. The van der Waals surface area contributed by atoms with E-state index < -0.39 is 0 Å². The molecule has 2 aromatic carbocycles. The summed E-state index contributed by atoms with van der Waals surface area (Å²) in [4.78, 5) is 0. The Balaban J connectivity index is 2.19. The van der Waals surface area contributed by atoms with E-state index in [1.807, 2.05) is 24.3 Å². The van der Waals surface area contributed by atoms with Gasteiger partial charge in [0.15, 0.2) is 23.1 Å². The van der Waals surface area contributed by atoms with Gasteiger partial charge in [0.1, 0.15) is 0 Å². The molecule has 0 amide bonds. The highest BCUT2D eigenvalue weighted by molar-refractivity contribution is 5.43. The molecule has 0 aliphatic rings. The van der Waals surface area contributed by atoms with E-state index in [1.54, 1.807) is 13.2 Å². The predicted octanol–water partition coefficient (Wildman–Crippen LogP) is 3.92. The Bertz CT molecular complexity index is 691. The van der Waals surface area contributed by atoms with Crippen LogP contribution in [0.25, 0.3) is 0 Å². The van der Waals surface area contributed by atoms with Crippen molar-refractivity contribution in [3.63, 3.8) is 0 Å². The minimum atomic E-state index is -0.376. The zero-order valence-electron chi connectivity index (χ0n) is 15.0. The lowest BCUT2D eigenvalue weighted by Gasteiger charge is -2.18. The smallest absolute Gasteiger partial charge is 0.165 e. The van der Waals surface area contributed by atoms with E-state index in [2.05, 4.69) is 6.92 Å². The maximum absolute atomic E-state index is 14.0. The summed E-state index contributed by atoms with van der Waals surface area (Å²) in [7, 11) is 3.07. The van der Waals surface area contributed by atoms with Crippen molar-refractivity contribution in [2.24, 2.45) is 5.73 Å². The third-order valence-electron chi connectivity index (χ3n) is 4.10. The maximum Gasteiger partial charge on any atom is 0.165 e. The van der Waals surface area contributed by atoms with Gasteiger partial charge in [-0.3, -0.25) is 0 Å². The Hall–Kier alpha value is -2.27. The quantitative estimate of drug-likeness (QED) is 0.747. The summed E-state index contributed by atoms with van der Waals surface area (Å²) in [5.41, 5.74) is 7.85. The van der Waals surface area contributed by atoms with E-state index in [-0.39, 0.29) is 17.5 Å². The summed E-state index contributed by atoms with van der Waals surface area (Å²) >= 11 is 0. The van der Waals surface area contributed by atoms with Gasteiger partial charge in [0.2, 0.25) is 0 Å². The summed E-state index contributed by atoms with van der Waals surface area (Å²) in [6.45, 7) is 3.12. The fraction of sp³-hybridized carbons (Fsp3) is 0.400. The molecule has 0 aliphatic carbocycles. The molecule has 0 spiro atoms. The molecular formula is C20H26FNO3. The van der Waals surface area contributed by atoms with Crippen LogP contribution in [0.2, 0.25) is 0 Å². The Morgan fingerprint density at radius 1 is 1.00 bits per heavy atom. The second-order valence-corrected chi connectivity index (χ2v) is 5.86. The van der Waals surface area contributed by atoms with Gasteiger partial charge in [-0.25, -0.2) is 4.39 Å². The maximum atomic E-state index is 14.0. The number of benzene rings is 2. The zero-order chi connectivity index (χ0) is 18.2. The van der Waals surface area contributed by atoms with Gasteiger partial charge in [-0.15, -0.1) is 0 Å². The third-order valence-corrected chi connectivity index (χ3v) is 4.10. The number of rotatable bonds is 9. The van der Waals surface area contributed by atoms with E-state index in [1.165, 1.54) is 13.2 Å². The predicted molar refractivity (Wildman–Crippen MR) is 97.2 cm³/mol. The highest BCUT2D eigenvalue weighted by Crippen LogP contribution is 2.31. The first-order chi connectivity index (χ1) is 12.1. The lowest BCUT2D eigenvalue weighted by molar-refractivity contribution is 0.294. The van der Waals surface area contributed by atoms with Crippen LogP contribution in [0.5, 0.6) is 17.2 Å². The van der Waals surface area contributed by atoms with Crippen LogP contribution in [0.3, 0.4) is 0 Å². The van der Waals surface area contributed by atoms with Crippen molar-refractivity contribution in [2.45, 2.75) is 25.7 Å².